The van der Waals surface area contributed by atoms with Crippen LogP contribution in [0, 0.1) is 5.82 Å². The predicted octanol–water partition coefficient (Wildman–Crippen LogP) is 1.70. The van der Waals surface area contributed by atoms with Crippen molar-refractivity contribution in [3.05, 3.63) is 28.5 Å². The molecule has 1 atom stereocenters. The van der Waals surface area contributed by atoms with E-state index in [1.807, 2.05) is 0 Å². The molecule has 1 heterocycles. The van der Waals surface area contributed by atoms with Gasteiger partial charge in [0.25, 0.3) is 0 Å². The van der Waals surface area contributed by atoms with E-state index in [1.54, 1.807) is 0 Å². The van der Waals surface area contributed by atoms with Gasteiger partial charge in [-0.25, -0.2) is 12.8 Å². The van der Waals surface area contributed by atoms with Crippen LogP contribution in [0.1, 0.15) is 12.8 Å². The zero-order valence-electron chi connectivity index (χ0n) is 9.64. The van der Waals surface area contributed by atoms with E-state index in [2.05, 4.69) is 15.9 Å². The highest BCUT2D eigenvalue weighted by atomic mass is 79.9. The lowest BCUT2D eigenvalue weighted by Crippen LogP contribution is -2.45. The van der Waals surface area contributed by atoms with Crippen LogP contribution in [0.25, 0.3) is 0 Å². The molecular formula is C11H14BrFN2O2S. The monoisotopic (exact) mass is 336 g/mol. The topological polar surface area (TPSA) is 63.4 Å². The summed E-state index contributed by atoms with van der Waals surface area (Å²) < 4.78 is 39.3. The average Bonchev–Trinajstić information content (AvgIpc) is 2.28. The van der Waals surface area contributed by atoms with Crippen molar-refractivity contribution < 1.29 is 12.8 Å². The van der Waals surface area contributed by atoms with Crippen molar-refractivity contribution in [2.24, 2.45) is 5.73 Å². The van der Waals surface area contributed by atoms with Gasteiger partial charge < -0.3 is 5.73 Å². The lowest BCUT2D eigenvalue weighted by Gasteiger charge is -2.30. The molecular weight excluding hydrogens is 323 g/mol. The third-order valence-electron chi connectivity index (χ3n) is 2.93. The van der Waals surface area contributed by atoms with Crippen molar-refractivity contribution in [2.45, 2.75) is 23.8 Å². The number of hydrogen-bond acceptors (Lipinski definition) is 3. The minimum Gasteiger partial charge on any atom is -0.327 e. The first kappa shape index (κ1) is 13.9. The van der Waals surface area contributed by atoms with Crippen LogP contribution in [0.4, 0.5) is 4.39 Å². The molecule has 0 unspecified atom stereocenters. The number of benzene rings is 1. The summed E-state index contributed by atoms with van der Waals surface area (Å²) in [6.45, 7) is 0.770. The van der Waals surface area contributed by atoms with Crippen LogP contribution < -0.4 is 5.73 Å². The maximum absolute atomic E-state index is 13.0. The van der Waals surface area contributed by atoms with Gasteiger partial charge in [0.15, 0.2) is 0 Å². The Bertz CT molecular complexity index is 550. The molecule has 1 aromatic rings. The largest absolute Gasteiger partial charge is 0.327 e. The summed E-state index contributed by atoms with van der Waals surface area (Å²) in [7, 11) is -3.60. The van der Waals surface area contributed by atoms with Crippen LogP contribution in [0.15, 0.2) is 27.6 Å². The Hall–Kier alpha value is -0.500. The van der Waals surface area contributed by atoms with Gasteiger partial charge in [-0.1, -0.05) is 0 Å². The molecule has 0 saturated carbocycles. The third kappa shape index (κ3) is 2.74. The molecule has 0 aliphatic carbocycles. The van der Waals surface area contributed by atoms with Crippen LogP contribution in [0.3, 0.4) is 0 Å². The molecule has 7 heteroatoms. The van der Waals surface area contributed by atoms with Gasteiger partial charge in [0.1, 0.15) is 5.82 Å². The van der Waals surface area contributed by atoms with Gasteiger partial charge in [-0.2, -0.15) is 4.31 Å². The Morgan fingerprint density at radius 2 is 2.17 bits per heavy atom. The van der Waals surface area contributed by atoms with Crippen molar-refractivity contribution in [2.75, 3.05) is 13.1 Å². The van der Waals surface area contributed by atoms with E-state index >= 15 is 0 Å². The Morgan fingerprint density at radius 1 is 1.44 bits per heavy atom. The Balaban J connectivity index is 2.35. The molecule has 1 saturated heterocycles. The number of piperidine rings is 1. The molecule has 4 nitrogen and oxygen atoms in total. The van der Waals surface area contributed by atoms with Crippen molar-refractivity contribution >= 4 is 26.0 Å². The molecule has 0 amide bonds. The highest BCUT2D eigenvalue weighted by Crippen LogP contribution is 2.27. The second kappa shape index (κ2) is 5.24. The number of sulfonamides is 1. The number of nitrogens with zero attached hydrogens (tertiary/aromatic N) is 1. The van der Waals surface area contributed by atoms with E-state index < -0.39 is 15.8 Å². The number of halogens is 2. The van der Waals surface area contributed by atoms with E-state index in [0.717, 1.165) is 25.0 Å². The smallest absolute Gasteiger partial charge is 0.244 e. The molecule has 1 aromatic carbocycles. The standard InChI is InChI=1S/C11H14BrFN2O2S/c12-10-6-8(13)3-4-11(10)18(16,17)15-5-1-2-9(14)7-15/h3-4,6,9H,1-2,5,7,14H2/t9-/m0/s1. The second-order valence-corrected chi connectivity index (χ2v) is 7.10. The summed E-state index contributed by atoms with van der Waals surface area (Å²) in [4.78, 5) is 0.0815. The van der Waals surface area contributed by atoms with Gasteiger partial charge in [-0.3, -0.25) is 0 Å². The summed E-state index contributed by atoms with van der Waals surface area (Å²) in [6, 6.07) is 3.43. The number of rotatable bonds is 2. The lowest BCUT2D eigenvalue weighted by atomic mass is 10.1. The van der Waals surface area contributed by atoms with Gasteiger partial charge in [0.05, 0.1) is 4.90 Å². The van der Waals surface area contributed by atoms with Crippen LogP contribution in [0.5, 0.6) is 0 Å². The fourth-order valence-electron chi connectivity index (χ4n) is 2.02. The quantitative estimate of drug-likeness (QED) is 0.893. The molecule has 18 heavy (non-hydrogen) atoms. The van der Waals surface area contributed by atoms with E-state index in [1.165, 1.54) is 10.4 Å². The van der Waals surface area contributed by atoms with Gasteiger partial charge in [-0.15, -0.1) is 0 Å². The fraction of sp³-hybridized carbons (Fsp3) is 0.455. The Labute approximate surface area is 114 Å². The second-order valence-electron chi connectivity index (χ2n) is 4.34. The van der Waals surface area contributed by atoms with Gasteiger partial charge in [-0.05, 0) is 47.0 Å². The molecule has 2 N–H and O–H groups in total. The van der Waals surface area contributed by atoms with Crippen molar-refractivity contribution in [3.63, 3.8) is 0 Å². The highest BCUT2D eigenvalue weighted by molar-refractivity contribution is 9.10. The SMILES string of the molecule is N[C@H]1CCCN(S(=O)(=O)c2ccc(F)cc2Br)C1. The molecule has 100 valence electrons. The zero-order valence-corrected chi connectivity index (χ0v) is 12.0. The zero-order chi connectivity index (χ0) is 13.3. The van der Waals surface area contributed by atoms with Gasteiger partial charge in [0, 0.05) is 23.6 Å². The summed E-state index contributed by atoms with van der Waals surface area (Å²) in [5.41, 5.74) is 5.78. The van der Waals surface area contributed by atoms with Crippen molar-refractivity contribution in [3.8, 4) is 0 Å². The molecule has 1 fully saturated rings. The van der Waals surface area contributed by atoms with E-state index in [4.69, 9.17) is 5.73 Å². The van der Waals surface area contributed by atoms with Gasteiger partial charge >= 0.3 is 0 Å². The summed E-state index contributed by atoms with van der Waals surface area (Å²) in [5, 5.41) is 0. The maximum atomic E-state index is 13.0. The molecule has 0 spiro atoms. The van der Waals surface area contributed by atoms with Gasteiger partial charge in [0.2, 0.25) is 10.0 Å². The number of nitrogens with two attached hydrogens (primary N) is 1. The molecule has 1 aliphatic rings. The molecule has 0 aromatic heterocycles. The normalized spacial score (nSPS) is 22.1. The molecule has 1 aliphatic heterocycles. The Kier molecular flexibility index (Phi) is 4.05. The van der Waals surface area contributed by atoms with E-state index in [9.17, 15) is 12.8 Å². The van der Waals surface area contributed by atoms with Crippen LogP contribution in [-0.4, -0.2) is 31.9 Å². The van der Waals surface area contributed by atoms with Crippen LogP contribution in [-0.2, 0) is 10.0 Å². The lowest BCUT2D eigenvalue weighted by molar-refractivity contribution is 0.316. The van der Waals surface area contributed by atoms with Crippen LogP contribution >= 0.6 is 15.9 Å². The molecule has 0 radical (unpaired) electrons. The first-order chi connectivity index (χ1) is 8.41. The third-order valence-corrected chi connectivity index (χ3v) is 5.77. The summed E-state index contributed by atoms with van der Waals surface area (Å²) in [5.74, 6) is -0.476. The molecule has 0 bridgehead atoms. The summed E-state index contributed by atoms with van der Waals surface area (Å²) in [6.07, 6.45) is 1.58. The predicted molar refractivity (Wildman–Crippen MR) is 70.1 cm³/mol. The van der Waals surface area contributed by atoms with E-state index in [0.29, 0.717) is 13.1 Å². The van der Waals surface area contributed by atoms with Crippen molar-refractivity contribution in [1.82, 2.24) is 4.31 Å². The summed E-state index contributed by atoms with van der Waals surface area (Å²) >= 11 is 3.09. The first-order valence-corrected chi connectivity index (χ1v) is 7.85. The van der Waals surface area contributed by atoms with Crippen LogP contribution in [0.2, 0.25) is 0 Å². The molecule has 2 rings (SSSR count). The Morgan fingerprint density at radius 3 is 2.78 bits per heavy atom. The maximum Gasteiger partial charge on any atom is 0.244 e. The van der Waals surface area contributed by atoms with Crippen molar-refractivity contribution in [1.29, 1.82) is 0 Å². The van der Waals surface area contributed by atoms with E-state index in [-0.39, 0.29) is 15.4 Å². The highest BCUT2D eigenvalue weighted by Gasteiger charge is 2.30. The minimum absolute atomic E-state index is 0.0815. The number of hydrogen-bond donors (Lipinski definition) is 1. The average molecular weight is 337 g/mol. The minimum atomic E-state index is -3.60. The first-order valence-electron chi connectivity index (χ1n) is 5.62. The fourth-order valence-corrected chi connectivity index (χ4v) is 4.56.